The SMILES string of the molecule is CC(C)CCC(=O)NCCCc1nn(-c2ccccc2)c(N)c1C#N. The number of amides is 1. The molecule has 0 radical (unpaired) electrons. The Kier molecular flexibility index (Phi) is 6.58. The number of hydrogen-bond donors (Lipinski definition) is 2. The van der Waals surface area contributed by atoms with Crippen LogP contribution in [-0.4, -0.2) is 22.2 Å². The Balaban J connectivity index is 1.94. The fourth-order valence-electron chi connectivity index (χ4n) is 2.53. The molecule has 6 nitrogen and oxygen atoms in total. The van der Waals surface area contributed by atoms with Crippen LogP contribution in [0.5, 0.6) is 0 Å². The van der Waals surface area contributed by atoms with Crippen LogP contribution in [-0.2, 0) is 11.2 Å². The monoisotopic (exact) mass is 339 g/mol. The number of nitrogens with zero attached hydrogens (tertiary/aromatic N) is 3. The second kappa shape index (κ2) is 8.88. The Bertz CT molecular complexity index is 743. The number of nitrogen functional groups attached to an aromatic ring is 1. The number of nitrogens with two attached hydrogens (primary N) is 1. The van der Waals surface area contributed by atoms with Gasteiger partial charge in [0.05, 0.1) is 11.4 Å². The molecular weight excluding hydrogens is 314 g/mol. The van der Waals surface area contributed by atoms with Crippen LogP contribution in [0.2, 0.25) is 0 Å². The third kappa shape index (κ3) is 5.08. The Morgan fingerprint density at radius 1 is 1.36 bits per heavy atom. The number of para-hydroxylation sites is 1. The fourth-order valence-corrected chi connectivity index (χ4v) is 2.53. The molecule has 0 spiro atoms. The van der Waals surface area contributed by atoms with E-state index in [2.05, 4.69) is 30.3 Å². The minimum absolute atomic E-state index is 0.0727. The van der Waals surface area contributed by atoms with Crippen molar-refractivity contribution in [2.75, 3.05) is 12.3 Å². The van der Waals surface area contributed by atoms with Gasteiger partial charge in [0.1, 0.15) is 17.5 Å². The second-order valence-electron chi connectivity index (χ2n) is 6.45. The Morgan fingerprint density at radius 2 is 2.08 bits per heavy atom. The van der Waals surface area contributed by atoms with Crippen molar-refractivity contribution < 1.29 is 4.79 Å². The zero-order chi connectivity index (χ0) is 18.2. The smallest absolute Gasteiger partial charge is 0.220 e. The highest BCUT2D eigenvalue weighted by molar-refractivity contribution is 5.75. The summed E-state index contributed by atoms with van der Waals surface area (Å²) in [5.41, 5.74) is 7.98. The van der Waals surface area contributed by atoms with Crippen molar-refractivity contribution in [3.8, 4) is 11.8 Å². The van der Waals surface area contributed by atoms with E-state index < -0.39 is 0 Å². The average Bonchev–Trinajstić information content (AvgIpc) is 2.93. The first-order valence-corrected chi connectivity index (χ1v) is 8.62. The van der Waals surface area contributed by atoms with E-state index in [1.165, 1.54) is 0 Å². The lowest BCUT2D eigenvalue weighted by Gasteiger charge is -2.06. The molecular formula is C19H25N5O. The van der Waals surface area contributed by atoms with Crippen LogP contribution < -0.4 is 11.1 Å². The topological polar surface area (TPSA) is 96.7 Å². The molecule has 25 heavy (non-hydrogen) atoms. The van der Waals surface area contributed by atoms with Gasteiger partial charge in [-0.25, -0.2) is 4.68 Å². The van der Waals surface area contributed by atoms with Crippen LogP contribution in [0.4, 0.5) is 5.82 Å². The fraction of sp³-hybridized carbons (Fsp3) is 0.421. The summed E-state index contributed by atoms with van der Waals surface area (Å²) in [6.45, 7) is 4.77. The first-order chi connectivity index (χ1) is 12.0. The van der Waals surface area contributed by atoms with Crippen LogP contribution in [0.15, 0.2) is 30.3 Å². The van der Waals surface area contributed by atoms with Gasteiger partial charge in [-0.2, -0.15) is 10.4 Å². The number of nitriles is 1. The molecule has 0 fully saturated rings. The highest BCUT2D eigenvalue weighted by Crippen LogP contribution is 2.21. The Hall–Kier alpha value is -2.81. The minimum Gasteiger partial charge on any atom is -0.382 e. The first kappa shape index (κ1) is 18.5. The lowest BCUT2D eigenvalue weighted by Crippen LogP contribution is -2.24. The first-order valence-electron chi connectivity index (χ1n) is 8.62. The molecule has 0 atom stereocenters. The molecule has 0 saturated heterocycles. The van der Waals surface area contributed by atoms with E-state index in [1.54, 1.807) is 4.68 Å². The van der Waals surface area contributed by atoms with Gasteiger partial charge in [-0.1, -0.05) is 32.0 Å². The lowest BCUT2D eigenvalue weighted by atomic mass is 10.1. The maximum absolute atomic E-state index is 11.7. The third-order valence-electron chi connectivity index (χ3n) is 3.97. The summed E-state index contributed by atoms with van der Waals surface area (Å²) in [7, 11) is 0. The number of hydrogen-bond acceptors (Lipinski definition) is 4. The van der Waals surface area contributed by atoms with E-state index in [0.29, 0.717) is 48.8 Å². The molecule has 0 aliphatic heterocycles. The zero-order valence-corrected chi connectivity index (χ0v) is 14.8. The van der Waals surface area contributed by atoms with E-state index in [4.69, 9.17) is 5.73 Å². The van der Waals surface area contributed by atoms with Crippen LogP contribution in [0.3, 0.4) is 0 Å². The molecule has 3 N–H and O–H groups in total. The molecule has 6 heteroatoms. The molecule has 0 saturated carbocycles. The van der Waals surface area contributed by atoms with Crippen molar-refractivity contribution >= 4 is 11.7 Å². The summed E-state index contributed by atoms with van der Waals surface area (Å²) in [6, 6.07) is 11.6. The molecule has 0 aliphatic carbocycles. The summed E-state index contributed by atoms with van der Waals surface area (Å²) < 4.78 is 1.59. The molecule has 1 aromatic heterocycles. The predicted molar refractivity (Wildman–Crippen MR) is 98.1 cm³/mol. The summed E-state index contributed by atoms with van der Waals surface area (Å²) in [5, 5.41) is 16.8. The van der Waals surface area contributed by atoms with E-state index in [-0.39, 0.29) is 5.91 Å². The number of anilines is 1. The van der Waals surface area contributed by atoms with Gasteiger partial charge in [0.25, 0.3) is 0 Å². The van der Waals surface area contributed by atoms with Crippen molar-refractivity contribution in [3.63, 3.8) is 0 Å². The maximum atomic E-state index is 11.7. The summed E-state index contributed by atoms with van der Waals surface area (Å²) in [5.74, 6) is 0.946. The summed E-state index contributed by atoms with van der Waals surface area (Å²) in [4.78, 5) is 11.7. The highest BCUT2D eigenvalue weighted by atomic mass is 16.1. The molecule has 1 amide bonds. The lowest BCUT2D eigenvalue weighted by molar-refractivity contribution is -0.121. The molecule has 0 unspecified atom stereocenters. The number of aromatic nitrogens is 2. The Labute approximate surface area is 148 Å². The van der Waals surface area contributed by atoms with Crippen LogP contribution in [0.1, 0.15) is 44.4 Å². The quantitative estimate of drug-likeness (QED) is 0.723. The molecule has 132 valence electrons. The van der Waals surface area contributed by atoms with Gasteiger partial charge in [0, 0.05) is 13.0 Å². The standard InChI is InChI=1S/C19H25N5O/c1-14(2)10-11-18(25)22-12-6-9-17-16(13-20)19(21)24(23-17)15-7-4-3-5-8-15/h3-5,7-8,14H,6,9-12,21H2,1-2H3,(H,22,25). The van der Waals surface area contributed by atoms with Gasteiger partial charge >= 0.3 is 0 Å². The Morgan fingerprint density at radius 3 is 2.72 bits per heavy atom. The van der Waals surface area contributed by atoms with Crippen molar-refractivity contribution in [2.24, 2.45) is 5.92 Å². The largest absolute Gasteiger partial charge is 0.382 e. The average molecular weight is 339 g/mol. The molecule has 2 aromatic rings. The number of carbonyl (C=O) groups excluding carboxylic acids is 1. The van der Waals surface area contributed by atoms with E-state index in [9.17, 15) is 10.1 Å². The minimum atomic E-state index is 0.0727. The zero-order valence-electron chi connectivity index (χ0n) is 14.8. The van der Waals surface area contributed by atoms with Crippen LogP contribution >= 0.6 is 0 Å². The van der Waals surface area contributed by atoms with E-state index >= 15 is 0 Å². The molecule has 0 bridgehead atoms. The van der Waals surface area contributed by atoms with Gasteiger partial charge in [-0.15, -0.1) is 0 Å². The van der Waals surface area contributed by atoms with Crippen LogP contribution in [0.25, 0.3) is 5.69 Å². The number of aryl methyl sites for hydroxylation is 1. The maximum Gasteiger partial charge on any atom is 0.220 e. The van der Waals surface area contributed by atoms with Gasteiger partial charge in [0.2, 0.25) is 5.91 Å². The predicted octanol–water partition coefficient (Wildman–Crippen LogP) is 2.81. The summed E-state index contributed by atoms with van der Waals surface area (Å²) in [6.07, 6.45) is 2.75. The van der Waals surface area contributed by atoms with Crippen LogP contribution in [0, 0.1) is 17.2 Å². The van der Waals surface area contributed by atoms with Crippen molar-refractivity contribution in [1.29, 1.82) is 5.26 Å². The van der Waals surface area contributed by atoms with Gasteiger partial charge in [0.15, 0.2) is 0 Å². The normalized spacial score (nSPS) is 10.6. The molecule has 2 rings (SSSR count). The van der Waals surface area contributed by atoms with E-state index in [0.717, 1.165) is 12.1 Å². The van der Waals surface area contributed by atoms with Crippen molar-refractivity contribution in [1.82, 2.24) is 15.1 Å². The molecule has 1 heterocycles. The number of rotatable bonds is 8. The highest BCUT2D eigenvalue weighted by Gasteiger charge is 2.16. The van der Waals surface area contributed by atoms with Crippen molar-refractivity contribution in [3.05, 3.63) is 41.6 Å². The number of carbonyl (C=O) groups is 1. The number of nitrogens with one attached hydrogen (secondary N) is 1. The molecule has 1 aromatic carbocycles. The van der Waals surface area contributed by atoms with Gasteiger partial charge in [-0.05, 0) is 37.3 Å². The van der Waals surface area contributed by atoms with Gasteiger partial charge in [-0.3, -0.25) is 4.79 Å². The molecule has 0 aliphatic rings. The third-order valence-corrected chi connectivity index (χ3v) is 3.97. The summed E-state index contributed by atoms with van der Waals surface area (Å²) >= 11 is 0. The second-order valence-corrected chi connectivity index (χ2v) is 6.45. The van der Waals surface area contributed by atoms with E-state index in [1.807, 2.05) is 30.3 Å². The number of benzene rings is 1. The van der Waals surface area contributed by atoms with Crippen molar-refractivity contribution in [2.45, 2.75) is 39.5 Å². The van der Waals surface area contributed by atoms with Gasteiger partial charge < -0.3 is 11.1 Å².